The number of aldehydes is 1. The first-order chi connectivity index (χ1) is 7.29. The van der Waals surface area contributed by atoms with E-state index in [2.05, 4.69) is 16.9 Å². The van der Waals surface area contributed by atoms with Crippen molar-refractivity contribution >= 4 is 17.6 Å². The molecule has 0 spiro atoms. The molecule has 3 nitrogen and oxygen atoms in total. The van der Waals surface area contributed by atoms with Crippen LogP contribution < -0.4 is 0 Å². The number of aromatic nitrogens is 1. The zero-order valence-corrected chi connectivity index (χ0v) is 9.80. The van der Waals surface area contributed by atoms with Crippen LogP contribution in [0.1, 0.15) is 23.5 Å². The molecule has 2 heterocycles. The molecule has 1 atom stereocenters. The summed E-state index contributed by atoms with van der Waals surface area (Å²) in [4.78, 5) is 17.2. The van der Waals surface area contributed by atoms with Gasteiger partial charge < -0.3 is 9.69 Å². The molecule has 1 aliphatic heterocycles. The summed E-state index contributed by atoms with van der Waals surface area (Å²) in [6.45, 7) is 1.21. The Hall–Kier alpha value is -0.740. The van der Waals surface area contributed by atoms with Crippen LogP contribution in [-0.2, 0) is 17.6 Å². The molecule has 1 saturated heterocycles. The molecule has 1 aliphatic rings. The molecule has 15 heavy (non-hydrogen) atoms. The van der Waals surface area contributed by atoms with Gasteiger partial charge in [0.05, 0.1) is 10.7 Å². The molecule has 1 fully saturated rings. The van der Waals surface area contributed by atoms with Crippen LogP contribution in [0, 0.1) is 0 Å². The van der Waals surface area contributed by atoms with E-state index >= 15 is 0 Å². The normalized spacial score (nSPS) is 22.1. The Bertz CT molecular complexity index is 337. The first-order valence-corrected chi connectivity index (χ1v) is 6.24. The van der Waals surface area contributed by atoms with E-state index in [4.69, 9.17) is 0 Å². The maximum absolute atomic E-state index is 10.3. The van der Waals surface area contributed by atoms with Crippen molar-refractivity contribution in [2.45, 2.75) is 31.7 Å². The lowest BCUT2D eigenvalue weighted by Crippen LogP contribution is -2.26. The van der Waals surface area contributed by atoms with Gasteiger partial charge in [-0.25, -0.2) is 4.98 Å². The standard InChI is InChI=1S/C11H16N2OS/c1-13-5-2-3-10(13)7-11-12-9(4-6-14)8-15-11/h6,8,10H,2-5,7H2,1H3. The predicted molar refractivity (Wildman–Crippen MR) is 61.2 cm³/mol. The molecule has 4 heteroatoms. The highest BCUT2D eigenvalue weighted by Gasteiger charge is 2.21. The van der Waals surface area contributed by atoms with Crippen molar-refractivity contribution in [1.29, 1.82) is 0 Å². The van der Waals surface area contributed by atoms with Crippen LogP contribution >= 0.6 is 11.3 Å². The monoisotopic (exact) mass is 224 g/mol. The van der Waals surface area contributed by atoms with E-state index in [1.54, 1.807) is 11.3 Å². The molecular weight excluding hydrogens is 208 g/mol. The summed E-state index contributed by atoms with van der Waals surface area (Å²) in [7, 11) is 2.18. The van der Waals surface area contributed by atoms with Crippen LogP contribution in [-0.4, -0.2) is 35.8 Å². The number of likely N-dealkylation sites (N-methyl/N-ethyl adjacent to an activating group) is 1. The van der Waals surface area contributed by atoms with Crippen molar-refractivity contribution in [3.8, 4) is 0 Å². The molecule has 0 aromatic carbocycles. The van der Waals surface area contributed by atoms with E-state index in [1.807, 2.05) is 5.38 Å². The smallest absolute Gasteiger partial charge is 0.125 e. The molecule has 1 aromatic heterocycles. The fraction of sp³-hybridized carbons (Fsp3) is 0.636. The van der Waals surface area contributed by atoms with Gasteiger partial charge in [0.2, 0.25) is 0 Å². The topological polar surface area (TPSA) is 33.2 Å². The first kappa shape index (κ1) is 10.8. The summed E-state index contributed by atoms with van der Waals surface area (Å²) in [6, 6.07) is 0.653. The molecule has 0 aliphatic carbocycles. The molecule has 1 unspecified atom stereocenters. The van der Waals surface area contributed by atoms with Gasteiger partial charge in [0.25, 0.3) is 0 Å². The van der Waals surface area contributed by atoms with Crippen LogP contribution in [0.5, 0.6) is 0 Å². The average Bonchev–Trinajstić information content (AvgIpc) is 2.79. The Balaban J connectivity index is 1.95. The third-order valence-electron chi connectivity index (χ3n) is 2.97. The van der Waals surface area contributed by atoms with Crippen molar-refractivity contribution in [2.24, 2.45) is 0 Å². The number of carbonyl (C=O) groups is 1. The van der Waals surface area contributed by atoms with Gasteiger partial charge >= 0.3 is 0 Å². The first-order valence-electron chi connectivity index (χ1n) is 5.36. The molecule has 82 valence electrons. The number of hydrogen-bond acceptors (Lipinski definition) is 4. The number of likely N-dealkylation sites (tertiary alicyclic amines) is 1. The lowest BCUT2D eigenvalue weighted by atomic mass is 10.1. The van der Waals surface area contributed by atoms with Crippen LogP contribution in [0.4, 0.5) is 0 Å². The third-order valence-corrected chi connectivity index (χ3v) is 3.89. The molecule has 2 rings (SSSR count). The highest BCUT2D eigenvalue weighted by atomic mass is 32.1. The second kappa shape index (κ2) is 4.86. The summed E-state index contributed by atoms with van der Waals surface area (Å²) in [5.74, 6) is 0. The lowest BCUT2D eigenvalue weighted by molar-refractivity contribution is -0.107. The molecule has 0 N–H and O–H groups in total. The Morgan fingerprint density at radius 3 is 3.27 bits per heavy atom. The molecule has 0 radical (unpaired) electrons. The van der Waals surface area contributed by atoms with Gasteiger partial charge in [0.1, 0.15) is 6.29 Å². The Morgan fingerprint density at radius 1 is 1.73 bits per heavy atom. The summed E-state index contributed by atoms with van der Waals surface area (Å²) in [6.07, 6.45) is 4.99. The zero-order valence-electron chi connectivity index (χ0n) is 8.98. The van der Waals surface area contributed by atoms with Crippen LogP contribution in [0.25, 0.3) is 0 Å². The summed E-state index contributed by atoms with van der Waals surface area (Å²) < 4.78 is 0. The quantitative estimate of drug-likeness (QED) is 0.727. The predicted octanol–water partition coefficient (Wildman–Crippen LogP) is 1.52. The van der Waals surface area contributed by atoms with Crippen molar-refractivity contribution in [2.75, 3.05) is 13.6 Å². The second-order valence-electron chi connectivity index (χ2n) is 4.08. The van der Waals surface area contributed by atoms with Crippen LogP contribution in [0.15, 0.2) is 5.38 Å². The minimum Gasteiger partial charge on any atom is -0.303 e. The van der Waals surface area contributed by atoms with Crippen LogP contribution in [0.3, 0.4) is 0 Å². The second-order valence-corrected chi connectivity index (χ2v) is 5.03. The summed E-state index contributed by atoms with van der Waals surface area (Å²) in [5.41, 5.74) is 0.922. The molecular formula is C11H16N2OS. The number of hydrogen-bond donors (Lipinski definition) is 0. The van der Waals surface area contributed by atoms with Crippen molar-refractivity contribution in [1.82, 2.24) is 9.88 Å². The van der Waals surface area contributed by atoms with Crippen molar-refractivity contribution in [3.63, 3.8) is 0 Å². The van der Waals surface area contributed by atoms with Gasteiger partial charge in [-0.3, -0.25) is 0 Å². The highest BCUT2D eigenvalue weighted by Crippen LogP contribution is 2.21. The number of rotatable bonds is 4. The van der Waals surface area contributed by atoms with E-state index < -0.39 is 0 Å². The van der Waals surface area contributed by atoms with Gasteiger partial charge in [0.15, 0.2) is 0 Å². The Morgan fingerprint density at radius 2 is 2.60 bits per heavy atom. The average molecular weight is 224 g/mol. The van der Waals surface area contributed by atoms with Crippen molar-refractivity contribution < 1.29 is 4.79 Å². The molecule has 0 bridgehead atoms. The highest BCUT2D eigenvalue weighted by molar-refractivity contribution is 7.09. The number of carbonyl (C=O) groups excluding carboxylic acids is 1. The maximum Gasteiger partial charge on any atom is 0.125 e. The number of nitrogens with zero attached hydrogens (tertiary/aromatic N) is 2. The fourth-order valence-corrected chi connectivity index (χ4v) is 2.94. The summed E-state index contributed by atoms with van der Waals surface area (Å²) >= 11 is 1.68. The Labute approximate surface area is 94.1 Å². The summed E-state index contributed by atoms with van der Waals surface area (Å²) in [5, 5.41) is 3.17. The molecule has 0 amide bonds. The zero-order chi connectivity index (χ0) is 10.7. The molecule has 1 aromatic rings. The SMILES string of the molecule is CN1CCCC1Cc1nc(CC=O)cs1. The van der Waals surface area contributed by atoms with Gasteiger partial charge in [-0.2, -0.15) is 0 Å². The molecule has 0 saturated carbocycles. The van der Waals surface area contributed by atoms with E-state index in [9.17, 15) is 4.79 Å². The largest absolute Gasteiger partial charge is 0.303 e. The third kappa shape index (κ3) is 2.63. The van der Waals surface area contributed by atoms with Gasteiger partial charge in [-0.05, 0) is 26.4 Å². The van der Waals surface area contributed by atoms with E-state index in [0.717, 1.165) is 18.4 Å². The maximum atomic E-state index is 10.3. The van der Waals surface area contributed by atoms with Gasteiger partial charge in [-0.1, -0.05) is 0 Å². The van der Waals surface area contributed by atoms with Crippen LogP contribution in [0.2, 0.25) is 0 Å². The minimum atomic E-state index is 0.455. The van der Waals surface area contributed by atoms with E-state index in [-0.39, 0.29) is 0 Å². The minimum absolute atomic E-state index is 0.455. The van der Waals surface area contributed by atoms with Gasteiger partial charge in [0, 0.05) is 24.3 Å². The Kier molecular flexibility index (Phi) is 3.49. The van der Waals surface area contributed by atoms with E-state index in [0.29, 0.717) is 12.5 Å². The fourth-order valence-electron chi connectivity index (χ4n) is 2.06. The van der Waals surface area contributed by atoms with E-state index in [1.165, 1.54) is 24.4 Å². The number of thiazole rings is 1. The van der Waals surface area contributed by atoms with Crippen molar-refractivity contribution in [3.05, 3.63) is 16.1 Å². The lowest BCUT2D eigenvalue weighted by Gasteiger charge is -2.17. The van der Waals surface area contributed by atoms with Gasteiger partial charge in [-0.15, -0.1) is 11.3 Å².